The molecule has 8 nitrogen and oxygen atoms in total. The van der Waals surface area contributed by atoms with Gasteiger partial charge in [0, 0.05) is 18.7 Å². The highest BCUT2D eigenvalue weighted by Crippen LogP contribution is 2.22. The molecule has 0 fully saturated rings. The predicted molar refractivity (Wildman–Crippen MR) is 102 cm³/mol. The summed E-state index contributed by atoms with van der Waals surface area (Å²) < 4.78 is 13.1. The summed E-state index contributed by atoms with van der Waals surface area (Å²) in [4.78, 5) is 36.4. The van der Waals surface area contributed by atoms with E-state index in [1.54, 1.807) is 33.2 Å². The molecule has 0 radical (unpaired) electrons. The van der Waals surface area contributed by atoms with Crippen molar-refractivity contribution in [3.05, 3.63) is 69.5 Å². The Morgan fingerprint density at radius 1 is 1.14 bits per heavy atom. The van der Waals surface area contributed by atoms with E-state index >= 15 is 0 Å². The molecule has 0 aliphatic rings. The molecule has 2 aromatic rings. The number of nitrogens with one attached hydrogen (secondary N) is 2. The number of aryl methyl sites for hydroxylation is 1. The molecule has 2 N–H and O–H groups in total. The van der Waals surface area contributed by atoms with Crippen molar-refractivity contribution in [2.75, 3.05) is 26.0 Å². The van der Waals surface area contributed by atoms with E-state index in [4.69, 9.17) is 0 Å². The van der Waals surface area contributed by atoms with Crippen LogP contribution in [0.2, 0.25) is 0 Å². The molecular formula is C19H21FN4O4. The highest BCUT2D eigenvalue weighted by Gasteiger charge is 2.20. The molecule has 0 aliphatic heterocycles. The minimum atomic E-state index is -0.930. The van der Waals surface area contributed by atoms with E-state index in [0.717, 1.165) is 5.56 Å². The van der Waals surface area contributed by atoms with Gasteiger partial charge >= 0.3 is 11.8 Å². The summed E-state index contributed by atoms with van der Waals surface area (Å²) in [5, 5.41) is 15.8. The Hall–Kier alpha value is -3.33. The normalized spacial score (nSPS) is 11.8. The van der Waals surface area contributed by atoms with Gasteiger partial charge in [-0.3, -0.25) is 19.7 Å². The van der Waals surface area contributed by atoms with Crippen LogP contribution in [0.5, 0.6) is 0 Å². The number of hydrogen-bond acceptors (Lipinski definition) is 5. The third kappa shape index (κ3) is 5.34. The van der Waals surface area contributed by atoms with Crippen molar-refractivity contribution < 1.29 is 18.9 Å². The molecule has 0 aliphatic carbocycles. The van der Waals surface area contributed by atoms with Crippen molar-refractivity contribution in [2.45, 2.75) is 13.0 Å². The van der Waals surface area contributed by atoms with Crippen molar-refractivity contribution in [3.63, 3.8) is 0 Å². The second kappa shape index (κ2) is 9.05. The van der Waals surface area contributed by atoms with E-state index in [1.165, 1.54) is 30.3 Å². The molecule has 0 bridgehead atoms. The van der Waals surface area contributed by atoms with E-state index in [-0.39, 0.29) is 29.8 Å². The molecule has 2 aromatic carbocycles. The number of hydrogen-bond donors (Lipinski definition) is 2. The number of anilines is 1. The number of halogens is 1. The van der Waals surface area contributed by atoms with Gasteiger partial charge in [0.2, 0.25) is 0 Å². The number of rotatable bonds is 6. The lowest BCUT2D eigenvalue weighted by atomic mass is 10.1. The summed E-state index contributed by atoms with van der Waals surface area (Å²) in [5.41, 5.74) is 1.37. The number of amides is 2. The summed E-state index contributed by atoms with van der Waals surface area (Å²) >= 11 is 0. The lowest BCUT2D eigenvalue weighted by Gasteiger charge is -2.25. The quantitative estimate of drug-likeness (QED) is 0.449. The maximum atomic E-state index is 13.1. The van der Waals surface area contributed by atoms with Gasteiger partial charge in [-0.1, -0.05) is 18.2 Å². The molecule has 0 aromatic heterocycles. The number of nitro benzene ring substituents is 1. The van der Waals surface area contributed by atoms with Crippen molar-refractivity contribution >= 4 is 23.2 Å². The lowest BCUT2D eigenvalue weighted by molar-refractivity contribution is -0.384. The Bertz CT molecular complexity index is 884. The van der Waals surface area contributed by atoms with Crippen LogP contribution in [-0.2, 0) is 9.59 Å². The molecule has 148 valence electrons. The number of non-ortho nitro benzene ring substituents is 1. The van der Waals surface area contributed by atoms with Crippen LogP contribution >= 0.6 is 0 Å². The summed E-state index contributed by atoms with van der Waals surface area (Å²) in [6, 6.07) is 9.60. The standard InChI is InChI=1S/C19H21FN4O4/c1-12-4-9-15(24(27)28)10-16(12)22-19(26)18(25)21-11-17(23(2)3)13-5-7-14(20)8-6-13/h4-10,17H,11H2,1-3H3,(H,21,25)(H,22,26)/t17-/m0/s1. The predicted octanol–water partition coefficient (Wildman–Crippen LogP) is 2.40. The van der Waals surface area contributed by atoms with Crippen LogP contribution in [0, 0.1) is 22.9 Å². The van der Waals surface area contributed by atoms with Crippen molar-refractivity contribution in [1.82, 2.24) is 10.2 Å². The number of carbonyl (C=O) groups excluding carboxylic acids is 2. The average molecular weight is 388 g/mol. The summed E-state index contributed by atoms with van der Waals surface area (Å²) in [5.74, 6) is -2.17. The van der Waals surface area contributed by atoms with Gasteiger partial charge in [-0.15, -0.1) is 0 Å². The van der Waals surface area contributed by atoms with Gasteiger partial charge in [-0.2, -0.15) is 0 Å². The van der Waals surface area contributed by atoms with Crippen LogP contribution in [0.25, 0.3) is 0 Å². The lowest BCUT2D eigenvalue weighted by Crippen LogP contribution is -2.40. The summed E-state index contributed by atoms with van der Waals surface area (Å²) in [6.07, 6.45) is 0. The molecule has 0 spiro atoms. The molecule has 2 amide bonds. The number of carbonyl (C=O) groups is 2. The van der Waals surface area contributed by atoms with Gasteiger partial charge in [-0.25, -0.2) is 4.39 Å². The van der Waals surface area contributed by atoms with E-state index in [1.807, 2.05) is 4.90 Å². The molecule has 1 atom stereocenters. The van der Waals surface area contributed by atoms with Crippen LogP contribution in [0.15, 0.2) is 42.5 Å². The Kier molecular flexibility index (Phi) is 6.78. The Balaban J connectivity index is 2.03. The molecular weight excluding hydrogens is 367 g/mol. The first-order valence-corrected chi connectivity index (χ1v) is 8.45. The van der Waals surface area contributed by atoms with E-state index in [0.29, 0.717) is 5.56 Å². The fourth-order valence-electron chi connectivity index (χ4n) is 2.59. The zero-order valence-electron chi connectivity index (χ0n) is 15.7. The third-order valence-electron chi connectivity index (χ3n) is 4.22. The van der Waals surface area contributed by atoms with Crippen molar-refractivity contribution in [2.24, 2.45) is 0 Å². The number of nitrogens with zero attached hydrogens (tertiary/aromatic N) is 2. The molecule has 28 heavy (non-hydrogen) atoms. The first-order valence-electron chi connectivity index (χ1n) is 8.45. The maximum Gasteiger partial charge on any atom is 0.313 e. The fourth-order valence-corrected chi connectivity index (χ4v) is 2.59. The number of benzene rings is 2. The minimum Gasteiger partial charge on any atom is -0.346 e. The molecule has 2 rings (SSSR count). The van der Waals surface area contributed by atoms with Gasteiger partial charge < -0.3 is 15.5 Å². The van der Waals surface area contributed by atoms with Crippen LogP contribution in [0.1, 0.15) is 17.2 Å². The Morgan fingerprint density at radius 2 is 1.79 bits per heavy atom. The highest BCUT2D eigenvalue weighted by molar-refractivity contribution is 6.39. The zero-order chi connectivity index (χ0) is 20.8. The number of likely N-dealkylation sites (N-methyl/N-ethyl adjacent to an activating group) is 1. The van der Waals surface area contributed by atoms with Gasteiger partial charge in [0.05, 0.1) is 16.7 Å². The maximum absolute atomic E-state index is 13.1. The van der Waals surface area contributed by atoms with E-state index in [2.05, 4.69) is 10.6 Å². The molecule has 0 heterocycles. The second-order valence-corrected chi connectivity index (χ2v) is 6.45. The summed E-state index contributed by atoms with van der Waals surface area (Å²) in [6.45, 7) is 1.78. The third-order valence-corrected chi connectivity index (χ3v) is 4.22. The SMILES string of the molecule is Cc1ccc([N+](=O)[O-])cc1NC(=O)C(=O)NC[C@@H](c1ccc(F)cc1)N(C)C. The van der Waals surface area contributed by atoms with Gasteiger partial charge in [0.25, 0.3) is 5.69 Å². The molecule has 9 heteroatoms. The number of nitro groups is 1. The largest absolute Gasteiger partial charge is 0.346 e. The van der Waals surface area contributed by atoms with Crippen molar-refractivity contribution in [1.29, 1.82) is 0 Å². The first kappa shape index (κ1) is 21.0. The van der Waals surface area contributed by atoms with Crippen LogP contribution in [0.3, 0.4) is 0 Å². The molecule has 0 unspecified atom stereocenters. The second-order valence-electron chi connectivity index (χ2n) is 6.45. The van der Waals surface area contributed by atoms with E-state index in [9.17, 15) is 24.1 Å². The first-order chi connectivity index (χ1) is 13.2. The average Bonchev–Trinajstić information content (AvgIpc) is 2.64. The van der Waals surface area contributed by atoms with Crippen LogP contribution in [-0.4, -0.2) is 42.3 Å². The minimum absolute atomic E-state index is 0.124. The van der Waals surface area contributed by atoms with Crippen LogP contribution < -0.4 is 10.6 Å². The molecule has 0 saturated heterocycles. The van der Waals surface area contributed by atoms with Crippen LogP contribution in [0.4, 0.5) is 15.8 Å². The fraction of sp³-hybridized carbons (Fsp3) is 0.263. The van der Waals surface area contributed by atoms with Gasteiger partial charge in [0.15, 0.2) is 0 Å². The van der Waals surface area contributed by atoms with Crippen molar-refractivity contribution in [3.8, 4) is 0 Å². The molecule has 0 saturated carbocycles. The summed E-state index contributed by atoms with van der Waals surface area (Å²) in [7, 11) is 3.60. The van der Waals surface area contributed by atoms with E-state index < -0.39 is 16.7 Å². The smallest absolute Gasteiger partial charge is 0.313 e. The van der Waals surface area contributed by atoms with Gasteiger partial charge in [-0.05, 0) is 44.3 Å². The highest BCUT2D eigenvalue weighted by atomic mass is 19.1. The van der Waals surface area contributed by atoms with Gasteiger partial charge in [0.1, 0.15) is 5.82 Å². The Morgan fingerprint density at radius 3 is 2.36 bits per heavy atom. The Labute approximate surface area is 161 Å². The zero-order valence-corrected chi connectivity index (χ0v) is 15.7. The monoisotopic (exact) mass is 388 g/mol. The topological polar surface area (TPSA) is 105 Å².